The Labute approximate surface area is 119 Å². The molecule has 0 radical (unpaired) electrons. The second kappa shape index (κ2) is 7.52. The first-order valence-corrected chi connectivity index (χ1v) is 6.24. The molecule has 0 aliphatic heterocycles. The van der Waals surface area contributed by atoms with Gasteiger partial charge in [0.25, 0.3) is 5.91 Å². The second-order valence-corrected chi connectivity index (χ2v) is 4.87. The Morgan fingerprint density at radius 2 is 1.84 bits per heavy atom. The Kier molecular flexibility index (Phi) is 6.33. The van der Waals surface area contributed by atoms with E-state index in [-0.39, 0.29) is 0 Å². The number of nitrogens with one attached hydrogen (secondary N) is 2. The molecule has 0 fully saturated rings. The standard InChI is InChI=1S/C11H14Cl2N2O4/c12-10(13)11(18)14-8(5-16)9(17)6-1-3-7(15-19)4-2-6/h1-4,8-10,15-17,19H,5H2,(H,14,18)/t8-,9-/m1/s1. The molecule has 1 aromatic rings. The third-order valence-electron chi connectivity index (χ3n) is 2.48. The minimum absolute atomic E-state index is 0.446. The molecule has 0 spiro atoms. The maximum absolute atomic E-state index is 11.3. The molecule has 0 aliphatic rings. The summed E-state index contributed by atoms with van der Waals surface area (Å²) in [5.74, 6) is -0.699. The number of carbonyl (C=O) groups is 1. The Morgan fingerprint density at radius 1 is 1.26 bits per heavy atom. The first-order chi connectivity index (χ1) is 8.99. The predicted octanol–water partition coefficient (Wildman–Crippen LogP) is 0.802. The third-order valence-corrected chi connectivity index (χ3v) is 2.88. The molecule has 19 heavy (non-hydrogen) atoms. The molecule has 8 heteroatoms. The van der Waals surface area contributed by atoms with Gasteiger partial charge in [-0.3, -0.25) is 15.5 Å². The fourth-order valence-electron chi connectivity index (χ4n) is 1.46. The van der Waals surface area contributed by atoms with Crippen molar-refractivity contribution in [3.8, 4) is 0 Å². The van der Waals surface area contributed by atoms with Gasteiger partial charge in [-0.1, -0.05) is 35.3 Å². The Bertz CT molecular complexity index is 414. The normalized spacial score (nSPS) is 14.0. The average molecular weight is 309 g/mol. The molecular formula is C11H14Cl2N2O4. The van der Waals surface area contributed by atoms with Crippen molar-refractivity contribution in [3.63, 3.8) is 0 Å². The molecule has 1 aromatic carbocycles. The SMILES string of the molecule is O=C(N[C@H](CO)[C@H](O)c1ccc(NO)cc1)C(Cl)Cl. The van der Waals surface area contributed by atoms with Crippen LogP contribution in [-0.4, -0.2) is 38.8 Å². The van der Waals surface area contributed by atoms with Crippen molar-refractivity contribution in [2.24, 2.45) is 0 Å². The van der Waals surface area contributed by atoms with E-state index in [9.17, 15) is 15.0 Å². The highest BCUT2D eigenvalue weighted by Crippen LogP contribution is 2.19. The molecule has 0 aliphatic carbocycles. The van der Waals surface area contributed by atoms with E-state index >= 15 is 0 Å². The summed E-state index contributed by atoms with van der Waals surface area (Å²) in [5, 5.41) is 30.2. The molecule has 1 amide bonds. The summed E-state index contributed by atoms with van der Waals surface area (Å²) in [4.78, 5) is 10.0. The van der Waals surface area contributed by atoms with Crippen LogP contribution in [-0.2, 0) is 4.79 Å². The number of anilines is 1. The second-order valence-electron chi connectivity index (χ2n) is 3.78. The van der Waals surface area contributed by atoms with Crippen LogP contribution >= 0.6 is 23.2 Å². The summed E-state index contributed by atoms with van der Waals surface area (Å²) in [6.45, 7) is -0.479. The zero-order chi connectivity index (χ0) is 14.4. The lowest BCUT2D eigenvalue weighted by molar-refractivity contribution is -0.121. The van der Waals surface area contributed by atoms with Crippen molar-refractivity contribution < 1.29 is 20.2 Å². The number of alkyl halides is 2. The van der Waals surface area contributed by atoms with E-state index in [1.807, 2.05) is 5.48 Å². The van der Waals surface area contributed by atoms with Gasteiger partial charge in [0, 0.05) is 0 Å². The number of hydrogen-bond donors (Lipinski definition) is 5. The minimum Gasteiger partial charge on any atom is -0.394 e. The molecular weight excluding hydrogens is 295 g/mol. The smallest absolute Gasteiger partial charge is 0.253 e. The van der Waals surface area contributed by atoms with Crippen LogP contribution in [0.4, 0.5) is 5.69 Å². The summed E-state index contributed by atoms with van der Waals surface area (Å²) >= 11 is 10.7. The fourth-order valence-corrected chi connectivity index (χ4v) is 1.58. The lowest BCUT2D eigenvalue weighted by Gasteiger charge is -2.23. The monoisotopic (exact) mass is 308 g/mol. The molecule has 106 valence electrons. The number of aliphatic hydroxyl groups is 2. The molecule has 5 N–H and O–H groups in total. The minimum atomic E-state index is -1.28. The Balaban J connectivity index is 2.76. The Morgan fingerprint density at radius 3 is 2.26 bits per heavy atom. The zero-order valence-corrected chi connectivity index (χ0v) is 11.3. The van der Waals surface area contributed by atoms with Crippen LogP contribution in [0.5, 0.6) is 0 Å². The van der Waals surface area contributed by atoms with E-state index in [0.717, 1.165) is 0 Å². The van der Waals surface area contributed by atoms with Crippen LogP contribution in [0.3, 0.4) is 0 Å². The quantitative estimate of drug-likeness (QED) is 0.395. The number of carbonyl (C=O) groups excluding carboxylic acids is 1. The van der Waals surface area contributed by atoms with Crippen LogP contribution in [0, 0.1) is 0 Å². The van der Waals surface area contributed by atoms with Crippen LogP contribution in [0.25, 0.3) is 0 Å². The van der Waals surface area contributed by atoms with Crippen LogP contribution in [0.2, 0.25) is 0 Å². The number of amides is 1. The number of aliphatic hydroxyl groups excluding tert-OH is 2. The van der Waals surface area contributed by atoms with E-state index in [1.165, 1.54) is 24.3 Å². The molecule has 0 saturated carbocycles. The van der Waals surface area contributed by atoms with Gasteiger partial charge >= 0.3 is 0 Å². The summed E-state index contributed by atoms with van der Waals surface area (Å²) in [7, 11) is 0. The van der Waals surface area contributed by atoms with Crippen molar-refractivity contribution >= 4 is 34.8 Å². The van der Waals surface area contributed by atoms with Crippen molar-refractivity contribution in [3.05, 3.63) is 29.8 Å². The highest BCUT2D eigenvalue weighted by Gasteiger charge is 2.24. The summed E-state index contributed by atoms with van der Waals surface area (Å²) < 4.78 is 0. The predicted molar refractivity (Wildman–Crippen MR) is 71.3 cm³/mol. The highest BCUT2D eigenvalue weighted by molar-refractivity contribution is 6.53. The molecule has 0 saturated heterocycles. The Hall–Kier alpha value is -1.05. The fraction of sp³-hybridized carbons (Fsp3) is 0.364. The van der Waals surface area contributed by atoms with Gasteiger partial charge in [0.05, 0.1) is 18.3 Å². The van der Waals surface area contributed by atoms with E-state index < -0.39 is 29.5 Å². The zero-order valence-electron chi connectivity index (χ0n) is 9.75. The molecule has 0 bridgehead atoms. The van der Waals surface area contributed by atoms with E-state index in [2.05, 4.69) is 5.32 Å². The summed E-state index contributed by atoms with van der Waals surface area (Å²) in [6, 6.07) is 5.20. The van der Waals surface area contributed by atoms with Crippen molar-refractivity contribution in [1.82, 2.24) is 5.32 Å². The van der Waals surface area contributed by atoms with Gasteiger partial charge in [-0.15, -0.1) is 0 Å². The lowest BCUT2D eigenvalue weighted by atomic mass is 10.0. The van der Waals surface area contributed by atoms with Gasteiger partial charge in [0.2, 0.25) is 0 Å². The van der Waals surface area contributed by atoms with Gasteiger partial charge in [0.1, 0.15) is 6.10 Å². The number of benzene rings is 1. The number of halogens is 2. The highest BCUT2D eigenvalue weighted by atomic mass is 35.5. The van der Waals surface area contributed by atoms with Gasteiger partial charge in [0.15, 0.2) is 4.84 Å². The van der Waals surface area contributed by atoms with E-state index in [0.29, 0.717) is 11.3 Å². The first-order valence-electron chi connectivity index (χ1n) is 5.37. The topological polar surface area (TPSA) is 102 Å². The molecule has 0 aromatic heterocycles. The van der Waals surface area contributed by atoms with Gasteiger partial charge in [-0.2, -0.15) is 0 Å². The average Bonchev–Trinajstić information content (AvgIpc) is 2.43. The van der Waals surface area contributed by atoms with Crippen LogP contribution in [0.1, 0.15) is 11.7 Å². The molecule has 6 nitrogen and oxygen atoms in total. The molecule has 0 unspecified atom stereocenters. The third kappa shape index (κ3) is 4.52. The lowest BCUT2D eigenvalue weighted by Crippen LogP contribution is -2.44. The van der Waals surface area contributed by atoms with Crippen LogP contribution in [0.15, 0.2) is 24.3 Å². The maximum atomic E-state index is 11.3. The van der Waals surface area contributed by atoms with E-state index in [1.54, 1.807) is 0 Å². The molecule has 0 heterocycles. The van der Waals surface area contributed by atoms with Crippen LogP contribution < -0.4 is 10.8 Å². The largest absolute Gasteiger partial charge is 0.394 e. The van der Waals surface area contributed by atoms with Gasteiger partial charge in [-0.25, -0.2) is 0 Å². The molecule has 2 atom stereocenters. The van der Waals surface area contributed by atoms with Gasteiger partial charge in [-0.05, 0) is 17.7 Å². The van der Waals surface area contributed by atoms with Crippen molar-refractivity contribution in [2.45, 2.75) is 17.0 Å². The molecule has 1 rings (SSSR count). The number of hydrogen-bond acceptors (Lipinski definition) is 5. The van der Waals surface area contributed by atoms with Crippen molar-refractivity contribution in [1.29, 1.82) is 0 Å². The first kappa shape index (κ1) is 16.0. The number of rotatable bonds is 6. The summed E-state index contributed by atoms with van der Waals surface area (Å²) in [6.07, 6.45) is -1.13. The van der Waals surface area contributed by atoms with Crippen molar-refractivity contribution in [2.75, 3.05) is 12.1 Å². The summed E-state index contributed by atoms with van der Waals surface area (Å²) in [5.41, 5.74) is 2.85. The van der Waals surface area contributed by atoms with Gasteiger partial charge < -0.3 is 15.5 Å². The van der Waals surface area contributed by atoms with E-state index in [4.69, 9.17) is 28.4 Å². The maximum Gasteiger partial charge on any atom is 0.253 e.